The van der Waals surface area contributed by atoms with Gasteiger partial charge in [-0.1, -0.05) is 27.7 Å². The fourth-order valence-corrected chi connectivity index (χ4v) is 3.26. The summed E-state index contributed by atoms with van der Waals surface area (Å²) in [5.74, 6) is -5.22. The molecule has 0 aromatic carbocycles. The summed E-state index contributed by atoms with van der Waals surface area (Å²) < 4.78 is 10.3. The summed E-state index contributed by atoms with van der Waals surface area (Å²) in [4.78, 5) is 60.3. The third kappa shape index (κ3) is 6.98. The highest BCUT2D eigenvalue weighted by Gasteiger charge is 2.46. The van der Waals surface area contributed by atoms with Gasteiger partial charge in [0.05, 0.1) is 0 Å². The summed E-state index contributed by atoms with van der Waals surface area (Å²) in [5, 5.41) is 2.92. The van der Waals surface area contributed by atoms with Crippen LogP contribution in [-0.2, 0) is 38.3 Å². The van der Waals surface area contributed by atoms with Gasteiger partial charge in [-0.25, -0.2) is 19.2 Å². The average Bonchev–Trinajstić information content (AvgIpc) is 3.46. The van der Waals surface area contributed by atoms with Gasteiger partial charge in [-0.15, -0.1) is 10.1 Å². The van der Waals surface area contributed by atoms with Gasteiger partial charge >= 0.3 is 23.9 Å². The number of hydrogen-bond donors (Lipinski definition) is 2. The molecule has 34 heavy (non-hydrogen) atoms. The molecule has 4 N–H and O–H groups in total. The van der Waals surface area contributed by atoms with Gasteiger partial charge < -0.3 is 19.1 Å². The second kappa shape index (κ2) is 11.7. The minimum absolute atomic E-state index is 0.566. The zero-order valence-corrected chi connectivity index (χ0v) is 20.3. The molecule has 2 saturated heterocycles. The van der Waals surface area contributed by atoms with Crippen molar-refractivity contribution in [2.75, 3.05) is 26.2 Å². The summed E-state index contributed by atoms with van der Waals surface area (Å²) in [5.41, 5.74) is 7.96. The lowest BCUT2D eigenvalue weighted by atomic mass is 10.0. The first-order valence-electron chi connectivity index (χ1n) is 11.5. The highest BCUT2D eigenvalue weighted by molar-refractivity contribution is 5.94. The molecule has 0 aromatic heterocycles. The SMILES string of the molecule is CC(C)C(N)(OC(=O)/C=C/C(=O)OC(N)(C(=O)ON1CCCC1)C(C)C)C(=O)ON1CCCC1. The Hall–Kier alpha value is -2.54. The van der Waals surface area contributed by atoms with E-state index >= 15 is 0 Å². The van der Waals surface area contributed by atoms with Crippen molar-refractivity contribution in [1.82, 2.24) is 10.1 Å². The highest BCUT2D eigenvalue weighted by atomic mass is 16.7. The van der Waals surface area contributed by atoms with E-state index in [2.05, 4.69) is 0 Å². The van der Waals surface area contributed by atoms with Crippen LogP contribution in [0, 0.1) is 11.8 Å². The van der Waals surface area contributed by atoms with Crippen molar-refractivity contribution < 1.29 is 38.3 Å². The fourth-order valence-electron chi connectivity index (χ4n) is 3.26. The van der Waals surface area contributed by atoms with Crippen LogP contribution in [0.4, 0.5) is 0 Å². The minimum Gasteiger partial charge on any atom is -0.429 e. The molecule has 0 radical (unpaired) electrons. The Morgan fingerprint density at radius 1 is 0.676 bits per heavy atom. The van der Waals surface area contributed by atoms with Crippen LogP contribution in [-0.4, -0.2) is 71.6 Å². The van der Waals surface area contributed by atoms with E-state index in [4.69, 9.17) is 30.6 Å². The number of nitrogens with two attached hydrogens (primary N) is 2. The molecule has 0 amide bonds. The topological polar surface area (TPSA) is 164 Å². The third-order valence-electron chi connectivity index (χ3n) is 5.80. The van der Waals surface area contributed by atoms with Gasteiger partial charge in [0, 0.05) is 50.2 Å². The number of esters is 2. The van der Waals surface area contributed by atoms with Gasteiger partial charge in [-0.3, -0.25) is 11.5 Å². The van der Waals surface area contributed by atoms with Crippen LogP contribution < -0.4 is 11.5 Å². The van der Waals surface area contributed by atoms with Gasteiger partial charge in [0.1, 0.15) is 0 Å². The second-order valence-electron chi connectivity index (χ2n) is 9.10. The molecule has 2 fully saturated rings. The lowest BCUT2D eigenvalue weighted by Crippen LogP contribution is -2.58. The van der Waals surface area contributed by atoms with E-state index in [1.54, 1.807) is 27.7 Å². The maximum atomic E-state index is 12.6. The molecule has 2 heterocycles. The normalized spacial score (nSPS) is 20.8. The van der Waals surface area contributed by atoms with Gasteiger partial charge in [-0.05, 0) is 25.7 Å². The van der Waals surface area contributed by atoms with E-state index in [-0.39, 0.29) is 0 Å². The first-order chi connectivity index (χ1) is 15.9. The molecule has 2 unspecified atom stereocenters. The van der Waals surface area contributed by atoms with E-state index in [1.807, 2.05) is 0 Å². The number of ether oxygens (including phenoxy) is 2. The Kier molecular flexibility index (Phi) is 9.56. The monoisotopic (exact) mass is 484 g/mol. The summed E-state index contributed by atoms with van der Waals surface area (Å²) in [6.45, 7) is 8.63. The molecule has 2 atom stereocenters. The molecule has 192 valence electrons. The highest BCUT2D eigenvalue weighted by Crippen LogP contribution is 2.22. The van der Waals surface area contributed by atoms with Crippen LogP contribution >= 0.6 is 0 Å². The van der Waals surface area contributed by atoms with Crippen LogP contribution in [0.25, 0.3) is 0 Å². The molecule has 0 spiro atoms. The molecule has 0 bridgehead atoms. The van der Waals surface area contributed by atoms with Crippen molar-refractivity contribution in [3.05, 3.63) is 12.2 Å². The summed E-state index contributed by atoms with van der Waals surface area (Å²) in [6.07, 6.45) is 4.98. The number of carbonyl (C=O) groups is 4. The molecule has 0 aliphatic carbocycles. The number of carbonyl (C=O) groups excluding carboxylic acids is 4. The Morgan fingerprint density at radius 2 is 0.971 bits per heavy atom. The quantitative estimate of drug-likeness (QED) is 0.249. The van der Waals surface area contributed by atoms with E-state index < -0.39 is 47.2 Å². The molecule has 2 aliphatic rings. The van der Waals surface area contributed by atoms with Gasteiger partial charge in [0.15, 0.2) is 0 Å². The van der Waals surface area contributed by atoms with Gasteiger partial charge in [-0.2, -0.15) is 0 Å². The molecule has 2 rings (SSSR count). The number of hydrogen-bond acceptors (Lipinski definition) is 12. The van der Waals surface area contributed by atoms with E-state index in [9.17, 15) is 19.2 Å². The second-order valence-corrected chi connectivity index (χ2v) is 9.10. The molecule has 0 aromatic rings. The first-order valence-corrected chi connectivity index (χ1v) is 11.5. The fraction of sp³-hybridized carbons (Fsp3) is 0.727. The zero-order valence-electron chi connectivity index (χ0n) is 20.3. The average molecular weight is 485 g/mol. The molecular formula is C22H36N4O8. The predicted molar refractivity (Wildman–Crippen MR) is 119 cm³/mol. The summed E-state index contributed by atoms with van der Waals surface area (Å²) >= 11 is 0. The number of hydroxylamine groups is 4. The Balaban J connectivity index is 1.99. The maximum Gasteiger partial charge on any atom is 0.385 e. The standard InChI is InChI=1S/C22H36N4O8/c1-15(2)21(23,19(29)33-25-11-5-6-12-25)31-17(27)9-10-18(28)32-22(24,16(3)4)20(30)34-26-13-7-8-14-26/h9-10,15-16H,5-8,11-14,23-24H2,1-4H3/b10-9+. The third-order valence-corrected chi connectivity index (χ3v) is 5.80. The van der Waals surface area contributed by atoms with E-state index in [1.165, 1.54) is 10.1 Å². The van der Waals surface area contributed by atoms with E-state index in [0.717, 1.165) is 37.8 Å². The largest absolute Gasteiger partial charge is 0.429 e. The smallest absolute Gasteiger partial charge is 0.385 e. The van der Waals surface area contributed by atoms with Crippen LogP contribution in [0.5, 0.6) is 0 Å². The number of nitrogens with zero attached hydrogens (tertiary/aromatic N) is 2. The van der Waals surface area contributed by atoms with Crippen molar-refractivity contribution in [2.24, 2.45) is 23.3 Å². The van der Waals surface area contributed by atoms with Crippen molar-refractivity contribution in [1.29, 1.82) is 0 Å². The maximum absolute atomic E-state index is 12.6. The summed E-state index contributed by atoms with van der Waals surface area (Å²) in [6, 6.07) is 0. The van der Waals surface area contributed by atoms with Crippen molar-refractivity contribution >= 4 is 23.9 Å². The van der Waals surface area contributed by atoms with Crippen LogP contribution in [0.15, 0.2) is 12.2 Å². The lowest BCUT2D eigenvalue weighted by Gasteiger charge is -2.31. The van der Waals surface area contributed by atoms with Crippen LogP contribution in [0.2, 0.25) is 0 Å². The van der Waals surface area contributed by atoms with Crippen LogP contribution in [0.3, 0.4) is 0 Å². The zero-order chi connectivity index (χ0) is 25.5. The van der Waals surface area contributed by atoms with Crippen molar-refractivity contribution in [2.45, 2.75) is 64.8 Å². The Morgan fingerprint density at radius 3 is 1.24 bits per heavy atom. The predicted octanol–water partition coefficient (Wildman–Crippen LogP) is 0.359. The number of rotatable bonds is 10. The lowest BCUT2D eigenvalue weighted by molar-refractivity contribution is -0.217. The molecule has 2 aliphatic heterocycles. The van der Waals surface area contributed by atoms with Gasteiger partial charge in [0.2, 0.25) is 0 Å². The molecule has 0 saturated carbocycles. The van der Waals surface area contributed by atoms with Crippen molar-refractivity contribution in [3.8, 4) is 0 Å². The molecule has 12 nitrogen and oxygen atoms in total. The van der Waals surface area contributed by atoms with Crippen LogP contribution in [0.1, 0.15) is 53.4 Å². The summed E-state index contributed by atoms with van der Waals surface area (Å²) in [7, 11) is 0. The van der Waals surface area contributed by atoms with Gasteiger partial charge in [0.25, 0.3) is 11.4 Å². The molecule has 12 heteroatoms. The van der Waals surface area contributed by atoms with Crippen molar-refractivity contribution in [3.63, 3.8) is 0 Å². The van der Waals surface area contributed by atoms with E-state index in [0.29, 0.717) is 26.2 Å². The molecular weight excluding hydrogens is 448 g/mol. The Labute approximate surface area is 199 Å². The minimum atomic E-state index is -2.07. The first kappa shape index (κ1) is 27.7. The Bertz CT molecular complexity index is 726.